The Morgan fingerprint density at radius 2 is 1.86 bits per heavy atom. The van der Waals surface area contributed by atoms with Gasteiger partial charge in [0, 0.05) is 30.2 Å². The number of anilines is 2. The minimum Gasteiger partial charge on any atom is -0.324 e. The quantitative estimate of drug-likeness (QED) is 0.586. The van der Waals surface area contributed by atoms with Crippen LogP contribution in [0.1, 0.15) is 0 Å². The van der Waals surface area contributed by atoms with Crippen molar-refractivity contribution in [1.82, 2.24) is 15.0 Å². The first-order valence-corrected chi connectivity index (χ1v) is 6.48. The highest BCUT2D eigenvalue weighted by Gasteiger charge is 2.07. The van der Waals surface area contributed by atoms with Gasteiger partial charge in [0.15, 0.2) is 0 Å². The molecule has 0 radical (unpaired) electrons. The molecule has 3 aromatic rings. The number of hydrogen-bond acceptors (Lipinski definition) is 6. The molecule has 0 amide bonds. The molecule has 3 rings (SSSR count). The van der Waals surface area contributed by atoms with Gasteiger partial charge in [-0.25, -0.2) is 9.97 Å². The van der Waals surface area contributed by atoms with Crippen molar-refractivity contribution in [3.05, 3.63) is 71.0 Å². The molecule has 0 aliphatic heterocycles. The van der Waals surface area contributed by atoms with Crippen molar-refractivity contribution in [3.63, 3.8) is 0 Å². The number of hydrogen-bond donors (Lipinski definition) is 1. The average Bonchev–Trinajstić information content (AvgIpc) is 2.56. The van der Waals surface area contributed by atoms with Gasteiger partial charge in [0.2, 0.25) is 5.95 Å². The molecule has 0 bridgehead atoms. The molecular weight excluding hydrogens is 282 g/mol. The Balaban J connectivity index is 1.87. The van der Waals surface area contributed by atoms with Crippen molar-refractivity contribution < 1.29 is 4.92 Å². The molecule has 1 N–H and O–H groups in total. The highest BCUT2D eigenvalue weighted by atomic mass is 16.6. The summed E-state index contributed by atoms with van der Waals surface area (Å²) >= 11 is 0. The first-order chi connectivity index (χ1) is 10.7. The molecule has 1 aromatic carbocycles. The molecule has 2 heterocycles. The van der Waals surface area contributed by atoms with Crippen LogP contribution in [-0.2, 0) is 0 Å². The molecule has 0 fully saturated rings. The molecule has 0 saturated heterocycles. The Hall–Kier alpha value is -3.35. The second-order valence-electron chi connectivity index (χ2n) is 4.41. The molecule has 108 valence electrons. The summed E-state index contributed by atoms with van der Waals surface area (Å²) in [5.74, 6) is 0.351. The summed E-state index contributed by atoms with van der Waals surface area (Å²) in [4.78, 5) is 23.0. The maximum absolute atomic E-state index is 10.8. The number of nitro benzene ring substituents is 1. The Morgan fingerprint density at radius 3 is 2.64 bits per heavy atom. The maximum Gasteiger partial charge on any atom is 0.271 e. The van der Waals surface area contributed by atoms with Crippen molar-refractivity contribution >= 4 is 17.3 Å². The van der Waals surface area contributed by atoms with Crippen LogP contribution in [-0.4, -0.2) is 19.9 Å². The second-order valence-corrected chi connectivity index (χ2v) is 4.41. The summed E-state index contributed by atoms with van der Waals surface area (Å²) in [6, 6.07) is 13.5. The lowest BCUT2D eigenvalue weighted by Crippen LogP contribution is -1.99. The van der Waals surface area contributed by atoms with E-state index in [9.17, 15) is 10.1 Å². The summed E-state index contributed by atoms with van der Waals surface area (Å²) in [7, 11) is 0. The second kappa shape index (κ2) is 5.96. The van der Waals surface area contributed by atoms with Gasteiger partial charge in [0.05, 0.1) is 16.3 Å². The number of nitrogens with one attached hydrogen (secondary N) is 1. The monoisotopic (exact) mass is 293 g/mol. The zero-order valence-electron chi connectivity index (χ0n) is 11.4. The Labute approximate surface area is 125 Å². The van der Waals surface area contributed by atoms with Crippen LogP contribution in [0.25, 0.3) is 11.4 Å². The molecule has 0 spiro atoms. The third kappa shape index (κ3) is 3.04. The van der Waals surface area contributed by atoms with Gasteiger partial charge in [-0.1, -0.05) is 12.1 Å². The van der Waals surface area contributed by atoms with Crippen molar-refractivity contribution in [1.29, 1.82) is 0 Å². The highest BCUT2D eigenvalue weighted by molar-refractivity contribution is 5.60. The molecule has 0 aliphatic rings. The zero-order chi connectivity index (χ0) is 15.4. The first-order valence-electron chi connectivity index (χ1n) is 6.48. The fourth-order valence-electron chi connectivity index (χ4n) is 1.90. The van der Waals surface area contributed by atoms with Gasteiger partial charge in [-0.3, -0.25) is 15.1 Å². The molecular formula is C15H11N5O2. The zero-order valence-corrected chi connectivity index (χ0v) is 11.4. The third-order valence-corrected chi connectivity index (χ3v) is 2.90. The van der Waals surface area contributed by atoms with Crippen LogP contribution in [0.5, 0.6) is 0 Å². The first kappa shape index (κ1) is 13.6. The summed E-state index contributed by atoms with van der Waals surface area (Å²) in [6.07, 6.45) is 3.29. The topological polar surface area (TPSA) is 93.8 Å². The van der Waals surface area contributed by atoms with Gasteiger partial charge < -0.3 is 5.32 Å². The lowest BCUT2D eigenvalue weighted by atomic mass is 10.2. The number of pyridine rings is 1. The van der Waals surface area contributed by atoms with Crippen LogP contribution >= 0.6 is 0 Å². The molecule has 0 atom stereocenters. The standard InChI is InChI=1S/C15H11N5O2/c21-20(22)12-5-3-4-11(10-12)18-15-17-9-7-14(19-15)13-6-1-2-8-16-13/h1-10H,(H,17,18,19). The predicted octanol–water partition coefficient (Wildman–Crippen LogP) is 3.19. The van der Waals surface area contributed by atoms with E-state index in [1.807, 2.05) is 18.2 Å². The summed E-state index contributed by atoms with van der Waals surface area (Å²) < 4.78 is 0. The van der Waals surface area contributed by atoms with Crippen LogP contribution in [0.4, 0.5) is 17.3 Å². The molecule has 7 heteroatoms. The predicted molar refractivity (Wildman–Crippen MR) is 81.6 cm³/mol. The van der Waals surface area contributed by atoms with Gasteiger partial charge in [-0.05, 0) is 24.3 Å². The Kier molecular flexibility index (Phi) is 3.69. The van der Waals surface area contributed by atoms with E-state index in [4.69, 9.17) is 0 Å². The largest absolute Gasteiger partial charge is 0.324 e. The van der Waals surface area contributed by atoms with E-state index < -0.39 is 4.92 Å². The minimum absolute atomic E-state index is 0.00545. The van der Waals surface area contributed by atoms with E-state index in [2.05, 4.69) is 20.3 Å². The Bertz CT molecular complexity index is 808. The van der Waals surface area contributed by atoms with Crippen LogP contribution in [0.2, 0.25) is 0 Å². The van der Waals surface area contributed by atoms with Crippen molar-refractivity contribution in [3.8, 4) is 11.4 Å². The SMILES string of the molecule is O=[N+]([O-])c1cccc(Nc2nccc(-c3ccccn3)n2)c1. The summed E-state index contributed by atoms with van der Waals surface area (Å²) in [5.41, 5.74) is 1.95. The molecule has 7 nitrogen and oxygen atoms in total. The normalized spacial score (nSPS) is 10.2. The average molecular weight is 293 g/mol. The van der Waals surface area contributed by atoms with E-state index in [-0.39, 0.29) is 5.69 Å². The number of rotatable bonds is 4. The lowest BCUT2D eigenvalue weighted by Gasteiger charge is -2.06. The van der Waals surface area contributed by atoms with Crippen molar-refractivity contribution in [2.45, 2.75) is 0 Å². The Morgan fingerprint density at radius 1 is 0.955 bits per heavy atom. The number of non-ortho nitro benzene ring substituents is 1. The molecule has 0 aliphatic carbocycles. The maximum atomic E-state index is 10.8. The number of nitro groups is 1. The smallest absolute Gasteiger partial charge is 0.271 e. The minimum atomic E-state index is -0.448. The van der Waals surface area contributed by atoms with E-state index in [0.29, 0.717) is 17.3 Å². The molecule has 22 heavy (non-hydrogen) atoms. The summed E-state index contributed by atoms with van der Waals surface area (Å²) in [5, 5.41) is 13.7. The van der Waals surface area contributed by atoms with Crippen LogP contribution < -0.4 is 5.32 Å². The highest BCUT2D eigenvalue weighted by Crippen LogP contribution is 2.21. The fraction of sp³-hybridized carbons (Fsp3) is 0. The van der Waals surface area contributed by atoms with Gasteiger partial charge >= 0.3 is 0 Å². The van der Waals surface area contributed by atoms with Crippen LogP contribution in [0, 0.1) is 10.1 Å². The van der Waals surface area contributed by atoms with E-state index >= 15 is 0 Å². The molecule has 0 unspecified atom stereocenters. The van der Waals surface area contributed by atoms with Gasteiger partial charge in [-0.2, -0.15) is 0 Å². The van der Waals surface area contributed by atoms with E-state index in [1.54, 1.807) is 30.6 Å². The van der Waals surface area contributed by atoms with Gasteiger partial charge in [0.1, 0.15) is 0 Å². The van der Waals surface area contributed by atoms with E-state index in [1.165, 1.54) is 12.1 Å². The van der Waals surface area contributed by atoms with Gasteiger partial charge in [0.25, 0.3) is 5.69 Å². The van der Waals surface area contributed by atoms with Crippen molar-refractivity contribution in [2.75, 3.05) is 5.32 Å². The number of nitrogens with zero attached hydrogens (tertiary/aromatic N) is 4. The van der Waals surface area contributed by atoms with Crippen LogP contribution in [0.15, 0.2) is 60.9 Å². The lowest BCUT2D eigenvalue weighted by molar-refractivity contribution is -0.384. The van der Waals surface area contributed by atoms with Gasteiger partial charge in [-0.15, -0.1) is 0 Å². The third-order valence-electron chi connectivity index (χ3n) is 2.90. The molecule has 2 aromatic heterocycles. The number of benzene rings is 1. The molecule has 0 saturated carbocycles. The van der Waals surface area contributed by atoms with E-state index in [0.717, 1.165) is 5.69 Å². The number of aromatic nitrogens is 3. The fourth-order valence-corrected chi connectivity index (χ4v) is 1.90. The van der Waals surface area contributed by atoms with Crippen LogP contribution in [0.3, 0.4) is 0 Å². The van der Waals surface area contributed by atoms with Crippen molar-refractivity contribution in [2.24, 2.45) is 0 Å². The summed E-state index contributed by atoms with van der Waals surface area (Å²) in [6.45, 7) is 0.